The lowest BCUT2D eigenvalue weighted by molar-refractivity contribution is 0.0269. The van der Waals surface area contributed by atoms with Crippen molar-refractivity contribution >= 4 is 34.1 Å². The number of halogens is 1. The van der Waals surface area contributed by atoms with Crippen LogP contribution in [0, 0.1) is 11.3 Å². The molecule has 39 heavy (non-hydrogen) atoms. The Morgan fingerprint density at radius 2 is 1.90 bits per heavy atom. The van der Waals surface area contributed by atoms with E-state index in [2.05, 4.69) is 64.2 Å². The Bertz CT molecular complexity index is 1380. The van der Waals surface area contributed by atoms with E-state index in [1.54, 1.807) is 0 Å². The van der Waals surface area contributed by atoms with E-state index in [9.17, 15) is 5.26 Å². The molecule has 204 valence electrons. The second-order valence-corrected chi connectivity index (χ2v) is 11.1. The van der Waals surface area contributed by atoms with E-state index in [4.69, 9.17) is 26.3 Å². The van der Waals surface area contributed by atoms with Gasteiger partial charge in [-0.15, -0.1) is 0 Å². The SMILES string of the molecule is CCN(CC)C1CN(c2nc3c(c(N4CCN[C@@H](CC#N)C4)n2)COC(c2cccc4cccc(Cl)c24)C3)C1. The van der Waals surface area contributed by atoms with E-state index in [-0.39, 0.29) is 12.1 Å². The molecule has 9 heteroatoms. The summed E-state index contributed by atoms with van der Waals surface area (Å²) in [6, 6.07) is 15.3. The minimum Gasteiger partial charge on any atom is -0.368 e. The average Bonchev–Trinajstić information content (AvgIpc) is 2.94. The molecule has 6 rings (SSSR count). The highest BCUT2D eigenvalue weighted by atomic mass is 35.5. The van der Waals surface area contributed by atoms with E-state index < -0.39 is 0 Å². The Kier molecular flexibility index (Phi) is 7.59. The van der Waals surface area contributed by atoms with Gasteiger partial charge in [0.05, 0.1) is 30.9 Å². The zero-order valence-corrected chi connectivity index (χ0v) is 23.5. The normalized spacial score (nSPS) is 21.6. The van der Waals surface area contributed by atoms with Crippen molar-refractivity contribution in [3.63, 3.8) is 0 Å². The minimum absolute atomic E-state index is 0.129. The van der Waals surface area contributed by atoms with Crippen molar-refractivity contribution in [3.8, 4) is 6.07 Å². The lowest BCUT2D eigenvalue weighted by Crippen LogP contribution is -2.60. The van der Waals surface area contributed by atoms with Gasteiger partial charge in [0, 0.05) is 67.2 Å². The number of anilines is 2. The van der Waals surface area contributed by atoms with E-state index in [1.807, 2.05) is 12.1 Å². The second-order valence-electron chi connectivity index (χ2n) is 10.7. The molecule has 0 bridgehead atoms. The Labute approximate surface area is 235 Å². The van der Waals surface area contributed by atoms with Crippen LogP contribution < -0.4 is 15.1 Å². The molecule has 2 fully saturated rings. The molecule has 3 aliphatic heterocycles. The van der Waals surface area contributed by atoms with Crippen molar-refractivity contribution < 1.29 is 4.74 Å². The summed E-state index contributed by atoms with van der Waals surface area (Å²) in [6.45, 7) is 11.3. The number of fused-ring (bicyclic) bond motifs is 2. The molecular formula is C30H36ClN7O. The molecule has 2 saturated heterocycles. The van der Waals surface area contributed by atoms with Crippen molar-refractivity contribution in [1.29, 1.82) is 5.26 Å². The number of ether oxygens (including phenoxy) is 1. The third kappa shape index (κ3) is 5.05. The number of hydrogen-bond acceptors (Lipinski definition) is 8. The zero-order valence-electron chi connectivity index (χ0n) is 22.7. The van der Waals surface area contributed by atoms with Gasteiger partial charge in [0.1, 0.15) is 5.82 Å². The fourth-order valence-corrected chi connectivity index (χ4v) is 6.58. The maximum absolute atomic E-state index is 9.29. The summed E-state index contributed by atoms with van der Waals surface area (Å²) < 4.78 is 6.52. The predicted molar refractivity (Wildman–Crippen MR) is 155 cm³/mol. The van der Waals surface area contributed by atoms with Crippen molar-refractivity contribution in [2.75, 3.05) is 55.6 Å². The summed E-state index contributed by atoms with van der Waals surface area (Å²) in [5.74, 6) is 1.76. The second kappa shape index (κ2) is 11.3. The first-order chi connectivity index (χ1) is 19.1. The van der Waals surface area contributed by atoms with Gasteiger partial charge in [-0.25, -0.2) is 4.98 Å². The Morgan fingerprint density at radius 3 is 2.67 bits per heavy atom. The van der Waals surface area contributed by atoms with Gasteiger partial charge in [0.15, 0.2) is 0 Å². The van der Waals surface area contributed by atoms with Crippen LogP contribution >= 0.6 is 11.6 Å². The summed E-state index contributed by atoms with van der Waals surface area (Å²) in [5, 5.41) is 15.7. The van der Waals surface area contributed by atoms with Gasteiger partial charge in [-0.2, -0.15) is 10.2 Å². The lowest BCUT2D eigenvalue weighted by atomic mass is 9.94. The third-order valence-electron chi connectivity index (χ3n) is 8.47. The molecule has 1 aromatic heterocycles. The van der Waals surface area contributed by atoms with Gasteiger partial charge >= 0.3 is 0 Å². The van der Waals surface area contributed by atoms with E-state index >= 15 is 0 Å². The van der Waals surface area contributed by atoms with Crippen LogP contribution in [0.25, 0.3) is 10.8 Å². The first kappa shape index (κ1) is 26.3. The minimum atomic E-state index is -0.133. The van der Waals surface area contributed by atoms with Gasteiger partial charge in [-0.1, -0.05) is 55.8 Å². The molecule has 0 spiro atoms. The van der Waals surface area contributed by atoms with Crippen LogP contribution in [0.1, 0.15) is 43.2 Å². The van der Waals surface area contributed by atoms with Crippen LogP contribution in [0.15, 0.2) is 36.4 Å². The molecular weight excluding hydrogens is 510 g/mol. The molecule has 3 aliphatic rings. The molecule has 1 unspecified atom stereocenters. The first-order valence-corrected chi connectivity index (χ1v) is 14.5. The molecule has 0 radical (unpaired) electrons. The fourth-order valence-electron chi connectivity index (χ4n) is 6.29. The van der Waals surface area contributed by atoms with Crippen LogP contribution in [0.4, 0.5) is 11.8 Å². The molecule has 8 nitrogen and oxygen atoms in total. The van der Waals surface area contributed by atoms with Gasteiger partial charge in [0.2, 0.25) is 5.95 Å². The highest BCUT2D eigenvalue weighted by molar-refractivity contribution is 6.35. The smallest absolute Gasteiger partial charge is 0.227 e. The zero-order chi connectivity index (χ0) is 26.9. The van der Waals surface area contributed by atoms with Crippen LogP contribution in [-0.4, -0.2) is 72.8 Å². The van der Waals surface area contributed by atoms with Crippen molar-refractivity contribution in [3.05, 3.63) is 58.2 Å². The van der Waals surface area contributed by atoms with Gasteiger partial charge in [-0.3, -0.25) is 4.90 Å². The molecule has 1 N–H and O–H groups in total. The summed E-state index contributed by atoms with van der Waals surface area (Å²) in [6.07, 6.45) is 1.02. The number of piperazine rings is 1. The number of benzene rings is 2. The van der Waals surface area contributed by atoms with Crippen molar-refractivity contribution in [1.82, 2.24) is 20.2 Å². The summed E-state index contributed by atoms with van der Waals surface area (Å²) >= 11 is 6.68. The molecule has 0 amide bonds. The number of nitrogens with zero attached hydrogens (tertiary/aromatic N) is 6. The average molecular weight is 546 g/mol. The van der Waals surface area contributed by atoms with Crippen molar-refractivity contribution in [2.45, 2.75) is 51.5 Å². The number of rotatable bonds is 7. The van der Waals surface area contributed by atoms with Gasteiger partial charge in [-0.05, 0) is 30.1 Å². The maximum atomic E-state index is 9.29. The Morgan fingerprint density at radius 1 is 1.10 bits per heavy atom. The fraction of sp³-hybridized carbons (Fsp3) is 0.500. The van der Waals surface area contributed by atoms with Crippen LogP contribution in [0.5, 0.6) is 0 Å². The quantitative estimate of drug-likeness (QED) is 0.470. The topological polar surface area (TPSA) is 80.5 Å². The molecule has 0 saturated carbocycles. The summed E-state index contributed by atoms with van der Waals surface area (Å²) in [7, 11) is 0. The first-order valence-electron chi connectivity index (χ1n) is 14.1. The van der Waals surface area contributed by atoms with Crippen LogP contribution in [-0.2, 0) is 17.8 Å². The Hall–Kier alpha value is -2.96. The summed E-state index contributed by atoms with van der Waals surface area (Å²) in [4.78, 5) is 17.4. The lowest BCUT2D eigenvalue weighted by Gasteiger charge is -2.45. The summed E-state index contributed by atoms with van der Waals surface area (Å²) in [5.41, 5.74) is 3.23. The molecule has 4 heterocycles. The number of aromatic nitrogens is 2. The molecule has 2 aromatic carbocycles. The van der Waals surface area contributed by atoms with Crippen LogP contribution in [0.3, 0.4) is 0 Å². The molecule has 0 aliphatic carbocycles. The molecule has 2 atom stereocenters. The van der Waals surface area contributed by atoms with E-state index in [0.717, 1.165) is 90.2 Å². The van der Waals surface area contributed by atoms with Gasteiger partial charge < -0.3 is 19.9 Å². The number of likely N-dealkylation sites (N-methyl/N-ethyl adjacent to an activating group) is 1. The number of hydrogen-bond donors (Lipinski definition) is 1. The van der Waals surface area contributed by atoms with Crippen molar-refractivity contribution in [2.24, 2.45) is 0 Å². The number of nitriles is 1. The highest BCUT2D eigenvalue weighted by Crippen LogP contribution is 2.39. The number of nitrogens with one attached hydrogen (secondary N) is 1. The van der Waals surface area contributed by atoms with E-state index in [1.165, 1.54) is 0 Å². The van der Waals surface area contributed by atoms with E-state index in [0.29, 0.717) is 25.5 Å². The standard InChI is InChI=1S/C30H36ClN7O/c1-3-36(4-2)22-17-38(18-22)30-34-26-15-27(23-9-5-7-20-8-6-10-25(31)28(20)23)39-19-24(26)29(35-30)37-14-13-33-21(16-37)11-12-32/h5-10,21-22,27,33H,3-4,11,13-19H2,1-2H3/t21-,27?/m0/s1. The highest BCUT2D eigenvalue weighted by Gasteiger charge is 2.36. The van der Waals surface area contributed by atoms with Crippen LogP contribution in [0.2, 0.25) is 5.02 Å². The largest absolute Gasteiger partial charge is 0.368 e. The van der Waals surface area contributed by atoms with Gasteiger partial charge in [0.25, 0.3) is 0 Å². The molecule has 3 aromatic rings. The predicted octanol–water partition coefficient (Wildman–Crippen LogP) is 4.32. The monoisotopic (exact) mass is 545 g/mol. The Balaban J connectivity index is 1.35. The maximum Gasteiger partial charge on any atom is 0.227 e. The third-order valence-corrected chi connectivity index (χ3v) is 8.78.